The van der Waals surface area contributed by atoms with Crippen LogP contribution in [-0.2, 0) is 0 Å². The zero-order valence-electron chi connectivity index (χ0n) is 10.3. The number of amides is 1. The van der Waals surface area contributed by atoms with Crippen molar-refractivity contribution in [1.82, 2.24) is 5.32 Å². The second kappa shape index (κ2) is 4.28. The molecule has 18 heavy (non-hydrogen) atoms. The highest BCUT2D eigenvalue weighted by molar-refractivity contribution is 7.21. The fraction of sp³-hybridized carbons (Fsp3) is 0.357. The van der Waals surface area contributed by atoms with E-state index >= 15 is 0 Å². The third kappa shape index (κ3) is 1.77. The highest BCUT2D eigenvalue weighted by Gasteiger charge is 2.23. The minimum atomic E-state index is -0.0159. The van der Waals surface area contributed by atoms with Crippen molar-refractivity contribution in [3.8, 4) is 0 Å². The molecule has 1 aliphatic carbocycles. The molecular formula is C14H16N2OS. The van der Waals surface area contributed by atoms with E-state index in [0.29, 0.717) is 16.6 Å². The summed E-state index contributed by atoms with van der Waals surface area (Å²) in [6.07, 6.45) is 3.40. The molecule has 0 spiro atoms. The lowest BCUT2D eigenvalue weighted by Crippen LogP contribution is -2.39. The average Bonchev–Trinajstić information content (AvgIpc) is 2.63. The number of rotatable bonds is 2. The summed E-state index contributed by atoms with van der Waals surface area (Å²) in [6, 6.07) is 6.36. The molecule has 94 valence electrons. The van der Waals surface area contributed by atoms with E-state index in [1.54, 1.807) is 0 Å². The topological polar surface area (TPSA) is 55.1 Å². The van der Waals surface area contributed by atoms with Gasteiger partial charge >= 0.3 is 0 Å². The van der Waals surface area contributed by atoms with Crippen LogP contribution in [0.1, 0.15) is 34.5 Å². The highest BCUT2D eigenvalue weighted by atomic mass is 32.1. The smallest absolute Gasteiger partial charge is 0.263 e. The van der Waals surface area contributed by atoms with Crippen LogP contribution >= 0.6 is 11.3 Å². The summed E-state index contributed by atoms with van der Waals surface area (Å²) in [5, 5.41) is 4.04. The summed E-state index contributed by atoms with van der Waals surface area (Å²) in [4.78, 5) is 12.8. The minimum Gasteiger partial charge on any atom is -0.397 e. The van der Waals surface area contributed by atoms with Crippen LogP contribution < -0.4 is 11.1 Å². The van der Waals surface area contributed by atoms with Crippen molar-refractivity contribution in [2.24, 2.45) is 0 Å². The van der Waals surface area contributed by atoms with Gasteiger partial charge < -0.3 is 11.1 Å². The molecule has 1 fully saturated rings. The van der Waals surface area contributed by atoms with Crippen LogP contribution in [0.4, 0.5) is 5.69 Å². The van der Waals surface area contributed by atoms with Crippen molar-refractivity contribution in [1.29, 1.82) is 0 Å². The molecule has 0 radical (unpaired) electrons. The maximum Gasteiger partial charge on any atom is 0.263 e. The van der Waals surface area contributed by atoms with Gasteiger partial charge in [-0.15, -0.1) is 11.3 Å². The second-order valence-electron chi connectivity index (χ2n) is 4.90. The molecule has 1 amide bonds. The number of fused-ring (bicyclic) bond motifs is 1. The summed E-state index contributed by atoms with van der Waals surface area (Å²) in [5.74, 6) is -0.0159. The lowest BCUT2D eigenvalue weighted by molar-refractivity contribution is 0.0922. The molecule has 0 bridgehead atoms. The van der Waals surface area contributed by atoms with Crippen LogP contribution in [0, 0.1) is 6.92 Å². The van der Waals surface area contributed by atoms with Gasteiger partial charge in [0, 0.05) is 16.1 Å². The molecule has 1 aromatic heterocycles. The number of hydrogen-bond acceptors (Lipinski definition) is 3. The molecule has 1 aromatic carbocycles. The van der Waals surface area contributed by atoms with Gasteiger partial charge in [0.25, 0.3) is 5.91 Å². The molecule has 4 heteroatoms. The Morgan fingerprint density at radius 3 is 2.83 bits per heavy atom. The fourth-order valence-corrected chi connectivity index (χ4v) is 3.34. The van der Waals surface area contributed by atoms with Gasteiger partial charge in [-0.25, -0.2) is 0 Å². The first-order valence-corrected chi connectivity index (χ1v) is 7.07. The maximum atomic E-state index is 12.2. The van der Waals surface area contributed by atoms with E-state index < -0.39 is 0 Å². The minimum absolute atomic E-state index is 0.0159. The molecule has 1 saturated carbocycles. The molecule has 3 rings (SSSR count). The van der Waals surface area contributed by atoms with Crippen LogP contribution in [0.2, 0.25) is 0 Å². The molecule has 0 unspecified atom stereocenters. The number of anilines is 1. The second-order valence-corrected chi connectivity index (χ2v) is 5.92. The van der Waals surface area contributed by atoms with Crippen molar-refractivity contribution < 1.29 is 4.79 Å². The SMILES string of the molecule is Cc1cccc2c(N)c(C(=O)NC3CCC3)sc12. The number of nitrogen functional groups attached to an aromatic ring is 1. The molecule has 0 aliphatic heterocycles. The van der Waals surface area contributed by atoms with Crippen LogP contribution in [-0.4, -0.2) is 11.9 Å². The van der Waals surface area contributed by atoms with Crippen LogP contribution in [0.15, 0.2) is 18.2 Å². The number of nitrogens with one attached hydrogen (secondary N) is 1. The Kier molecular flexibility index (Phi) is 2.74. The monoisotopic (exact) mass is 260 g/mol. The van der Waals surface area contributed by atoms with E-state index in [1.165, 1.54) is 23.3 Å². The standard InChI is InChI=1S/C14H16N2OS/c1-8-4-2-7-10-11(15)13(18-12(8)10)14(17)16-9-5-3-6-9/h2,4,7,9H,3,5-6,15H2,1H3,(H,16,17). The van der Waals surface area contributed by atoms with Crippen molar-refractivity contribution in [2.75, 3.05) is 5.73 Å². The van der Waals surface area contributed by atoms with Gasteiger partial charge in [-0.1, -0.05) is 18.2 Å². The number of carbonyl (C=O) groups is 1. The largest absolute Gasteiger partial charge is 0.397 e. The van der Waals surface area contributed by atoms with Gasteiger partial charge in [0.15, 0.2) is 0 Å². The Hall–Kier alpha value is -1.55. The number of thiophene rings is 1. The first-order chi connectivity index (χ1) is 8.66. The summed E-state index contributed by atoms with van der Waals surface area (Å²) >= 11 is 1.50. The molecule has 0 atom stereocenters. The van der Waals surface area contributed by atoms with E-state index in [2.05, 4.69) is 5.32 Å². The Balaban J connectivity index is 1.98. The average molecular weight is 260 g/mol. The zero-order chi connectivity index (χ0) is 12.7. The Morgan fingerprint density at radius 1 is 1.44 bits per heavy atom. The van der Waals surface area contributed by atoms with Crippen molar-refractivity contribution in [2.45, 2.75) is 32.2 Å². The van der Waals surface area contributed by atoms with Crippen LogP contribution in [0.3, 0.4) is 0 Å². The molecule has 3 N–H and O–H groups in total. The maximum absolute atomic E-state index is 12.2. The number of aryl methyl sites for hydroxylation is 1. The summed E-state index contributed by atoms with van der Waals surface area (Å²) in [5.41, 5.74) is 7.89. The number of hydrogen-bond donors (Lipinski definition) is 2. The van der Waals surface area contributed by atoms with Gasteiger partial charge in [0.05, 0.1) is 5.69 Å². The van der Waals surface area contributed by atoms with E-state index in [0.717, 1.165) is 22.9 Å². The highest BCUT2D eigenvalue weighted by Crippen LogP contribution is 2.35. The quantitative estimate of drug-likeness (QED) is 0.872. The predicted molar refractivity (Wildman–Crippen MR) is 76.1 cm³/mol. The van der Waals surface area contributed by atoms with E-state index in [1.807, 2.05) is 25.1 Å². The lowest BCUT2D eigenvalue weighted by atomic mass is 9.93. The zero-order valence-corrected chi connectivity index (χ0v) is 11.1. The summed E-state index contributed by atoms with van der Waals surface area (Å²) in [6.45, 7) is 2.05. The number of benzene rings is 1. The summed E-state index contributed by atoms with van der Waals surface area (Å²) in [7, 11) is 0. The Labute approximate surface area is 110 Å². The van der Waals surface area contributed by atoms with E-state index in [-0.39, 0.29) is 5.91 Å². The third-order valence-corrected chi connectivity index (χ3v) is 4.95. The Morgan fingerprint density at radius 2 is 2.22 bits per heavy atom. The van der Waals surface area contributed by atoms with Crippen molar-refractivity contribution in [3.05, 3.63) is 28.6 Å². The van der Waals surface area contributed by atoms with Crippen molar-refractivity contribution in [3.63, 3.8) is 0 Å². The van der Waals surface area contributed by atoms with Gasteiger partial charge in [0.2, 0.25) is 0 Å². The van der Waals surface area contributed by atoms with Crippen LogP contribution in [0.25, 0.3) is 10.1 Å². The predicted octanol–water partition coefficient (Wildman–Crippen LogP) is 3.07. The molecular weight excluding hydrogens is 244 g/mol. The number of nitrogens with two attached hydrogens (primary N) is 1. The summed E-state index contributed by atoms with van der Waals surface area (Å²) < 4.78 is 1.12. The van der Waals surface area contributed by atoms with Gasteiger partial charge in [-0.05, 0) is 31.7 Å². The fourth-order valence-electron chi connectivity index (χ4n) is 2.25. The molecule has 0 saturated heterocycles. The lowest BCUT2D eigenvalue weighted by Gasteiger charge is -2.26. The number of carbonyl (C=O) groups excluding carboxylic acids is 1. The van der Waals surface area contributed by atoms with Crippen molar-refractivity contribution >= 4 is 33.0 Å². The Bertz CT molecular complexity index is 614. The molecule has 3 nitrogen and oxygen atoms in total. The molecule has 2 aromatic rings. The van der Waals surface area contributed by atoms with Crippen LogP contribution in [0.5, 0.6) is 0 Å². The van der Waals surface area contributed by atoms with Gasteiger partial charge in [0.1, 0.15) is 4.88 Å². The van der Waals surface area contributed by atoms with Gasteiger partial charge in [-0.2, -0.15) is 0 Å². The third-order valence-electron chi connectivity index (χ3n) is 3.60. The first-order valence-electron chi connectivity index (χ1n) is 6.25. The first kappa shape index (κ1) is 11.5. The van der Waals surface area contributed by atoms with E-state index in [9.17, 15) is 4.79 Å². The molecule has 1 aliphatic rings. The normalized spacial score (nSPS) is 15.6. The van der Waals surface area contributed by atoms with E-state index in [4.69, 9.17) is 5.73 Å². The molecule has 1 heterocycles. The van der Waals surface area contributed by atoms with Gasteiger partial charge in [-0.3, -0.25) is 4.79 Å².